The van der Waals surface area contributed by atoms with Crippen LogP contribution in [0.4, 0.5) is 0 Å². The third-order valence-corrected chi connectivity index (χ3v) is 9.48. The number of halogens is 2. The normalized spacial score (nSPS) is 19.0. The Balaban J connectivity index is 0.00000129. The first-order valence-corrected chi connectivity index (χ1v) is 14.4. The zero-order valence-electron chi connectivity index (χ0n) is 23.5. The molecule has 1 unspecified atom stereocenters. The fourth-order valence-electron chi connectivity index (χ4n) is 6.57. The number of fused-ring (bicyclic) bond motifs is 4. The molecule has 0 spiro atoms. The quantitative estimate of drug-likeness (QED) is 0.190. The average molecular weight is 672 g/mol. The summed E-state index contributed by atoms with van der Waals surface area (Å²) in [5.74, 6) is 0.886. The molecule has 0 aliphatic heterocycles. The van der Waals surface area contributed by atoms with E-state index < -0.39 is 0 Å². The molecule has 0 nitrogen and oxygen atoms in total. The Hall–Kier alpha value is -2.35. The van der Waals surface area contributed by atoms with Gasteiger partial charge in [-0.2, -0.15) is 18.1 Å². The maximum Gasteiger partial charge on any atom is 0.0423 e. The number of benzene rings is 3. The Morgan fingerprint density at radius 1 is 0.829 bits per heavy atom. The molecule has 206 valence electrons. The van der Waals surface area contributed by atoms with E-state index in [4.69, 9.17) is 0 Å². The van der Waals surface area contributed by atoms with E-state index in [-0.39, 0.29) is 51.0 Å². The van der Waals surface area contributed by atoms with Gasteiger partial charge in [-0.3, -0.25) is 0 Å². The summed E-state index contributed by atoms with van der Waals surface area (Å²) < 4.78 is 1.36. The molecule has 0 bridgehead atoms. The largest absolute Gasteiger partial charge is 0.187 e. The van der Waals surface area contributed by atoms with Crippen LogP contribution in [-0.2, 0) is 26.2 Å². The Bertz CT molecular complexity index is 1750. The summed E-state index contributed by atoms with van der Waals surface area (Å²) in [4.78, 5) is 1.42. The van der Waals surface area contributed by atoms with Gasteiger partial charge in [0.25, 0.3) is 0 Å². The van der Waals surface area contributed by atoms with E-state index in [1.807, 2.05) is 11.3 Å². The number of rotatable bonds is 3. The summed E-state index contributed by atoms with van der Waals surface area (Å²) in [5.41, 5.74) is 14.9. The summed E-state index contributed by atoms with van der Waals surface area (Å²) in [7, 11) is 0. The van der Waals surface area contributed by atoms with Gasteiger partial charge in [-0.15, -0.1) is 41.7 Å². The van der Waals surface area contributed by atoms with Gasteiger partial charge in [-0.1, -0.05) is 122 Å². The second-order valence-electron chi connectivity index (χ2n) is 11.0. The van der Waals surface area contributed by atoms with Crippen LogP contribution in [0.5, 0.6) is 0 Å². The smallest absolute Gasteiger partial charge is 0.0423 e. The van der Waals surface area contributed by atoms with Crippen LogP contribution in [0.2, 0.25) is 0 Å². The molecule has 0 amide bonds. The molecule has 3 aliphatic rings. The third kappa shape index (κ3) is 5.12. The summed E-state index contributed by atoms with van der Waals surface area (Å²) in [5, 5.41) is 1.39. The van der Waals surface area contributed by atoms with Crippen molar-refractivity contribution in [1.82, 2.24) is 0 Å². The van der Waals surface area contributed by atoms with Crippen LogP contribution in [0.15, 0.2) is 119 Å². The Labute approximate surface area is 279 Å². The summed E-state index contributed by atoms with van der Waals surface area (Å²) in [6.45, 7) is 11.6. The fourth-order valence-corrected chi connectivity index (χ4v) is 7.90. The second kappa shape index (κ2) is 12.5. The maximum atomic E-state index is 4.56. The number of hydrogen-bond donors (Lipinski definition) is 0. The van der Waals surface area contributed by atoms with Crippen LogP contribution in [0, 0.1) is 18.3 Å². The van der Waals surface area contributed by atoms with Crippen LogP contribution in [0.3, 0.4) is 0 Å². The second-order valence-corrected chi connectivity index (χ2v) is 12.1. The van der Waals surface area contributed by atoms with Crippen LogP contribution in [0.25, 0.3) is 38.4 Å². The number of allylic oxidation sites excluding steroid dienone is 8. The van der Waals surface area contributed by atoms with Gasteiger partial charge in [0, 0.05) is 46.7 Å². The summed E-state index contributed by atoms with van der Waals surface area (Å²) >= 11 is 1.96. The molecule has 1 saturated carbocycles. The van der Waals surface area contributed by atoms with Crippen LogP contribution in [-0.4, -0.2) is 0 Å². The van der Waals surface area contributed by atoms with Crippen molar-refractivity contribution in [2.45, 2.75) is 27.2 Å². The molecule has 1 atom stereocenters. The van der Waals surface area contributed by atoms with Crippen LogP contribution < -0.4 is 0 Å². The minimum atomic E-state index is 0. The van der Waals surface area contributed by atoms with Gasteiger partial charge < -0.3 is 0 Å². The Kier molecular flexibility index (Phi) is 9.62. The van der Waals surface area contributed by atoms with Gasteiger partial charge in [0.1, 0.15) is 0 Å². The summed E-state index contributed by atoms with van der Waals surface area (Å²) in [6, 6.07) is 28.5. The molecule has 0 saturated heterocycles. The minimum Gasteiger partial charge on any atom is -0.187 e. The van der Waals surface area contributed by atoms with Crippen molar-refractivity contribution < 1.29 is 26.2 Å². The molecule has 1 fully saturated rings. The fraction of sp³-hybridized carbons (Fsp3) is 0.162. The zero-order chi connectivity index (χ0) is 26.0. The van der Waals surface area contributed by atoms with E-state index in [9.17, 15) is 0 Å². The molecule has 3 aliphatic carbocycles. The van der Waals surface area contributed by atoms with Gasteiger partial charge in [0.2, 0.25) is 0 Å². The van der Waals surface area contributed by atoms with E-state index in [2.05, 4.69) is 125 Å². The maximum absolute atomic E-state index is 4.56. The standard InChI is InChI=1S/C37H31S.2ClH.Zr/c1-22(2)29-21-27-19-18-23(3)32(26-14-9-6-10-15-26)34(27)36(29)33-24(4)20-30-35-28(25-12-7-5-8-13-25)16-11-17-31(35)38-37(30)33;;;/h5-17,19-22,29H,3,18H2,1-2,4H3;2*1H;/q-1;;;. The van der Waals surface area contributed by atoms with E-state index >= 15 is 0 Å². The first kappa shape index (κ1) is 31.6. The van der Waals surface area contributed by atoms with Gasteiger partial charge in [0.15, 0.2) is 0 Å². The SMILES string of the molecule is C=C1CC=C2[CH-]C(C(C)C)C(=C3C(C)=Cc4c3sc3cccc(-c5ccccc5)c43)C2=C1c1ccccc1.Cl.Cl.[Zr]. The molecular formula is C37H33Cl2SZr-. The number of thiophene rings is 1. The topological polar surface area (TPSA) is 0 Å². The Morgan fingerprint density at radius 2 is 1.49 bits per heavy atom. The zero-order valence-corrected chi connectivity index (χ0v) is 28.4. The minimum absolute atomic E-state index is 0. The molecule has 41 heavy (non-hydrogen) atoms. The molecule has 4 heteroatoms. The van der Waals surface area contributed by atoms with Crippen molar-refractivity contribution in [2.75, 3.05) is 0 Å². The number of hydrogen-bond acceptors (Lipinski definition) is 1. The van der Waals surface area contributed by atoms with Crippen molar-refractivity contribution >= 4 is 63.5 Å². The predicted molar refractivity (Wildman–Crippen MR) is 180 cm³/mol. The predicted octanol–water partition coefficient (Wildman–Crippen LogP) is 11.4. The molecular weight excluding hydrogens is 639 g/mol. The van der Waals surface area contributed by atoms with Gasteiger partial charge in [-0.25, -0.2) is 0 Å². The van der Waals surface area contributed by atoms with Gasteiger partial charge in [0.05, 0.1) is 0 Å². The molecule has 1 heterocycles. The van der Waals surface area contributed by atoms with Gasteiger partial charge >= 0.3 is 0 Å². The van der Waals surface area contributed by atoms with E-state index in [1.165, 1.54) is 76.2 Å². The van der Waals surface area contributed by atoms with Crippen LogP contribution >= 0.6 is 36.2 Å². The summed E-state index contributed by atoms with van der Waals surface area (Å²) in [6.07, 6.45) is 8.30. The molecule has 0 radical (unpaired) electrons. The monoisotopic (exact) mass is 669 g/mol. The van der Waals surface area contributed by atoms with E-state index in [0.29, 0.717) is 11.8 Å². The third-order valence-electron chi connectivity index (χ3n) is 8.29. The van der Waals surface area contributed by atoms with Gasteiger partial charge in [-0.05, 0) is 52.8 Å². The van der Waals surface area contributed by atoms with Crippen molar-refractivity contribution in [2.24, 2.45) is 11.8 Å². The molecule has 4 aromatic rings. The molecule has 0 N–H and O–H groups in total. The van der Waals surface area contributed by atoms with Crippen molar-refractivity contribution in [3.8, 4) is 11.1 Å². The first-order valence-electron chi connectivity index (χ1n) is 13.6. The Morgan fingerprint density at radius 3 is 2.15 bits per heavy atom. The van der Waals surface area contributed by atoms with E-state index in [1.54, 1.807) is 0 Å². The van der Waals surface area contributed by atoms with Crippen LogP contribution in [0.1, 0.15) is 43.2 Å². The first-order chi connectivity index (χ1) is 18.5. The van der Waals surface area contributed by atoms with E-state index in [0.717, 1.165) is 6.42 Å². The average Bonchev–Trinajstić information content (AvgIpc) is 3.58. The van der Waals surface area contributed by atoms with Crippen molar-refractivity contribution in [3.05, 3.63) is 142 Å². The molecule has 7 rings (SSSR count). The van der Waals surface area contributed by atoms with Crippen molar-refractivity contribution in [1.29, 1.82) is 0 Å². The van der Waals surface area contributed by atoms with Crippen molar-refractivity contribution in [3.63, 3.8) is 0 Å². The molecule has 1 aromatic heterocycles. The molecule has 3 aromatic carbocycles.